The van der Waals surface area contributed by atoms with Gasteiger partial charge in [0.25, 0.3) is 0 Å². The highest BCUT2D eigenvalue weighted by molar-refractivity contribution is 4.85. The second-order valence-corrected chi connectivity index (χ2v) is 7.45. The molecule has 4 atom stereocenters. The molecule has 0 aromatic heterocycles. The van der Waals surface area contributed by atoms with Gasteiger partial charge in [-0.15, -0.1) is 0 Å². The molecule has 2 fully saturated rings. The normalized spacial score (nSPS) is 40.5. The maximum Gasteiger partial charge on any atom is 0.0632 e. The molecule has 0 spiro atoms. The summed E-state index contributed by atoms with van der Waals surface area (Å²) in [4.78, 5) is 2.48. The van der Waals surface area contributed by atoms with Gasteiger partial charge in [0, 0.05) is 13.1 Å². The molecule has 1 saturated carbocycles. The van der Waals surface area contributed by atoms with Gasteiger partial charge in [0.15, 0.2) is 0 Å². The van der Waals surface area contributed by atoms with Gasteiger partial charge in [0.2, 0.25) is 0 Å². The fourth-order valence-electron chi connectivity index (χ4n) is 4.05. The van der Waals surface area contributed by atoms with Crippen LogP contribution in [0.4, 0.5) is 0 Å². The first kappa shape index (κ1) is 16.3. The molecule has 0 bridgehead atoms. The van der Waals surface area contributed by atoms with Crippen molar-refractivity contribution < 1.29 is 10.2 Å². The Morgan fingerprint density at radius 1 is 1.20 bits per heavy atom. The zero-order chi connectivity index (χ0) is 14.6. The van der Waals surface area contributed by atoms with Crippen molar-refractivity contribution in [3.05, 3.63) is 0 Å². The summed E-state index contributed by atoms with van der Waals surface area (Å²) >= 11 is 0. The monoisotopic (exact) mass is 283 g/mol. The van der Waals surface area contributed by atoms with E-state index in [0.29, 0.717) is 5.92 Å². The molecule has 1 aliphatic carbocycles. The molecule has 2 N–H and O–H groups in total. The number of nitrogens with zero attached hydrogens (tertiary/aromatic N) is 1. The lowest BCUT2D eigenvalue weighted by molar-refractivity contribution is 0.0214. The summed E-state index contributed by atoms with van der Waals surface area (Å²) in [5.74, 6) is 1.27. The van der Waals surface area contributed by atoms with Crippen molar-refractivity contribution in [2.45, 2.75) is 76.9 Å². The van der Waals surface area contributed by atoms with E-state index in [1.165, 1.54) is 25.7 Å². The van der Waals surface area contributed by atoms with Crippen LogP contribution in [0.25, 0.3) is 0 Å². The van der Waals surface area contributed by atoms with Crippen LogP contribution in [-0.2, 0) is 0 Å². The van der Waals surface area contributed by atoms with Crippen LogP contribution in [0.5, 0.6) is 0 Å². The third kappa shape index (κ3) is 4.71. The summed E-state index contributed by atoms with van der Waals surface area (Å²) in [6.45, 7) is 7.31. The van der Waals surface area contributed by atoms with Gasteiger partial charge in [-0.25, -0.2) is 0 Å². The lowest BCUT2D eigenvalue weighted by atomic mass is 9.77. The zero-order valence-corrected chi connectivity index (χ0v) is 13.4. The number of rotatable bonds is 4. The van der Waals surface area contributed by atoms with Crippen molar-refractivity contribution in [3.8, 4) is 0 Å². The second kappa shape index (κ2) is 7.24. The molecule has 3 heteroatoms. The van der Waals surface area contributed by atoms with E-state index in [9.17, 15) is 10.2 Å². The molecule has 0 aromatic rings. The van der Waals surface area contributed by atoms with Gasteiger partial charge in [-0.05, 0) is 63.8 Å². The largest absolute Gasteiger partial charge is 0.393 e. The molecule has 1 aliphatic heterocycles. The summed E-state index contributed by atoms with van der Waals surface area (Å²) in [7, 11) is 0. The summed E-state index contributed by atoms with van der Waals surface area (Å²) in [5, 5.41) is 20.4. The molecule has 1 saturated heterocycles. The Kier molecular flexibility index (Phi) is 5.88. The quantitative estimate of drug-likeness (QED) is 0.834. The minimum absolute atomic E-state index is 0.105. The van der Waals surface area contributed by atoms with Crippen molar-refractivity contribution in [2.24, 2.45) is 11.8 Å². The van der Waals surface area contributed by atoms with E-state index in [0.717, 1.165) is 51.2 Å². The molecule has 0 aromatic carbocycles. The number of aliphatic hydroxyl groups excluding tert-OH is 1. The standard InChI is InChI=1S/C17H33NO2/c1-3-5-14-6-7-16(19)15(12-14)13-18-10-4-8-17(2,20)9-11-18/h14-16,19-20H,3-13H2,1-2H3. The fourth-order valence-corrected chi connectivity index (χ4v) is 4.05. The van der Waals surface area contributed by atoms with Crippen LogP contribution in [0.2, 0.25) is 0 Å². The topological polar surface area (TPSA) is 43.7 Å². The van der Waals surface area contributed by atoms with E-state index in [1.54, 1.807) is 0 Å². The van der Waals surface area contributed by atoms with E-state index < -0.39 is 5.60 Å². The smallest absolute Gasteiger partial charge is 0.0632 e. The first-order valence-electron chi connectivity index (χ1n) is 8.63. The molecule has 2 rings (SSSR count). The highest BCUT2D eigenvalue weighted by Gasteiger charge is 2.31. The summed E-state index contributed by atoms with van der Waals surface area (Å²) in [6, 6.07) is 0. The number of likely N-dealkylation sites (tertiary alicyclic amines) is 1. The SMILES string of the molecule is CCCC1CCC(O)C(CN2CCCC(C)(O)CC2)C1. The number of aliphatic hydroxyl groups is 2. The van der Waals surface area contributed by atoms with Gasteiger partial charge >= 0.3 is 0 Å². The van der Waals surface area contributed by atoms with E-state index in [-0.39, 0.29) is 6.10 Å². The molecule has 4 unspecified atom stereocenters. The van der Waals surface area contributed by atoms with Crippen LogP contribution >= 0.6 is 0 Å². The summed E-state index contributed by atoms with van der Waals surface area (Å²) < 4.78 is 0. The molecule has 0 amide bonds. The first-order valence-corrected chi connectivity index (χ1v) is 8.63. The van der Waals surface area contributed by atoms with Crippen molar-refractivity contribution in [1.82, 2.24) is 4.90 Å². The lowest BCUT2D eigenvalue weighted by Crippen LogP contribution is -2.39. The maximum absolute atomic E-state index is 10.3. The van der Waals surface area contributed by atoms with E-state index in [4.69, 9.17) is 0 Å². The molecule has 3 nitrogen and oxygen atoms in total. The zero-order valence-electron chi connectivity index (χ0n) is 13.4. The summed E-state index contributed by atoms with van der Waals surface area (Å²) in [5.41, 5.74) is -0.481. The van der Waals surface area contributed by atoms with Crippen molar-refractivity contribution >= 4 is 0 Å². The Balaban J connectivity index is 1.84. The Morgan fingerprint density at radius 3 is 2.75 bits per heavy atom. The molecule has 2 aliphatic rings. The highest BCUT2D eigenvalue weighted by atomic mass is 16.3. The van der Waals surface area contributed by atoms with Crippen molar-refractivity contribution in [1.29, 1.82) is 0 Å². The molecule has 0 radical (unpaired) electrons. The van der Waals surface area contributed by atoms with E-state index in [2.05, 4.69) is 11.8 Å². The van der Waals surface area contributed by atoms with Crippen molar-refractivity contribution in [3.63, 3.8) is 0 Å². The third-order valence-electron chi connectivity index (χ3n) is 5.40. The minimum Gasteiger partial charge on any atom is -0.393 e. The van der Waals surface area contributed by atoms with Gasteiger partial charge in [0.05, 0.1) is 11.7 Å². The van der Waals surface area contributed by atoms with Crippen LogP contribution in [0.3, 0.4) is 0 Å². The lowest BCUT2D eigenvalue weighted by Gasteiger charge is -2.36. The maximum atomic E-state index is 10.3. The molecular weight excluding hydrogens is 250 g/mol. The van der Waals surface area contributed by atoms with Gasteiger partial charge in [0.1, 0.15) is 0 Å². The van der Waals surface area contributed by atoms with Gasteiger partial charge in [-0.2, -0.15) is 0 Å². The molecular formula is C17H33NO2. The van der Waals surface area contributed by atoms with Gasteiger partial charge in [-0.1, -0.05) is 19.8 Å². The summed E-state index contributed by atoms with van der Waals surface area (Å²) in [6.07, 6.45) is 8.73. The van der Waals surface area contributed by atoms with Gasteiger partial charge < -0.3 is 15.1 Å². The van der Waals surface area contributed by atoms with Gasteiger partial charge in [-0.3, -0.25) is 0 Å². The molecule has 1 heterocycles. The van der Waals surface area contributed by atoms with E-state index in [1.807, 2.05) is 6.92 Å². The Bertz CT molecular complexity index is 293. The second-order valence-electron chi connectivity index (χ2n) is 7.45. The average molecular weight is 283 g/mol. The Labute approximate surface area is 124 Å². The van der Waals surface area contributed by atoms with Crippen molar-refractivity contribution in [2.75, 3.05) is 19.6 Å². The predicted octanol–water partition coefficient (Wildman–Crippen LogP) is 2.80. The predicted molar refractivity (Wildman–Crippen MR) is 82.7 cm³/mol. The Hall–Kier alpha value is -0.120. The van der Waals surface area contributed by atoms with Crippen LogP contribution in [0.15, 0.2) is 0 Å². The van der Waals surface area contributed by atoms with Crippen LogP contribution < -0.4 is 0 Å². The Morgan fingerprint density at radius 2 is 2.00 bits per heavy atom. The average Bonchev–Trinajstić information content (AvgIpc) is 2.55. The number of hydrogen-bond acceptors (Lipinski definition) is 3. The van der Waals surface area contributed by atoms with Crippen LogP contribution in [0, 0.1) is 11.8 Å². The van der Waals surface area contributed by atoms with Crippen LogP contribution in [-0.4, -0.2) is 46.5 Å². The molecule has 118 valence electrons. The molecule has 20 heavy (non-hydrogen) atoms. The van der Waals surface area contributed by atoms with E-state index >= 15 is 0 Å². The minimum atomic E-state index is -0.481. The van der Waals surface area contributed by atoms with Crippen LogP contribution in [0.1, 0.15) is 65.2 Å². The fraction of sp³-hybridized carbons (Fsp3) is 1.00. The number of hydrogen-bond donors (Lipinski definition) is 2. The highest BCUT2D eigenvalue weighted by Crippen LogP contribution is 2.33. The third-order valence-corrected chi connectivity index (χ3v) is 5.40. The first-order chi connectivity index (χ1) is 9.50.